The average Bonchev–Trinajstić information content (AvgIpc) is 0.755. The lowest BCUT2D eigenvalue weighted by Gasteiger charge is -2.50. The summed E-state index contributed by atoms with van der Waals surface area (Å²) in [5.41, 5.74) is 0. The van der Waals surface area contributed by atoms with Crippen LogP contribution in [0.25, 0.3) is 0 Å². The Hall–Kier alpha value is -2.79. The van der Waals surface area contributed by atoms with Gasteiger partial charge in [0, 0.05) is 19.8 Å². The average molecular weight is 1460 g/mol. The molecular weight excluding hydrogens is 1310 g/mol. The molecule has 0 aliphatic carbocycles. The maximum Gasteiger partial charge on any atom is 0.364 e. The molecule has 3 aliphatic rings. The highest BCUT2D eigenvalue weighted by atomic mass is 16.8. The molecule has 0 aromatic rings. The second-order valence-electron chi connectivity index (χ2n) is 29.6. The summed E-state index contributed by atoms with van der Waals surface area (Å²) in [6.45, 7) is 2.19. The Morgan fingerprint density at radius 2 is 0.922 bits per heavy atom. The number of carbonyl (C=O) groups is 3. The molecule has 23 heteroatoms. The number of aliphatic hydroxyl groups excluding tert-OH is 11. The van der Waals surface area contributed by atoms with Crippen molar-refractivity contribution in [3.63, 3.8) is 0 Å². The van der Waals surface area contributed by atoms with Crippen LogP contribution in [0.2, 0.25) is 0 Å². The molecule has 102 heavy (non-hydrogen) atoms. The van der Waals surface area contributed by atoms with Crippen LogP contribution in [0, 0.1) is 0 Å². The molecular formula is C79H146N2O21. The number of nitrogens with one attached hydrogen (secondary N) is 2. The van der Waals surface area contributed by atoms with Crippen LogP contribution in [0.1, 0.15) is 323 Å². The standard InChI is InChI=1S/C79H146N2O21/c1-4-6-8-10-12-14-16-18-20-22-24-25-26-27-28-29-30-31-32-33-35-37-39-41-43-45-47-49-51-53-66(89)81-60(61(86)52-50-48-46-44-42-40-38-36-34-23-21-19-17-15-13-11-9-7-5-2)58-97-76-71(93)70(92)73(65(57-84)99-76)100-77-72(94)75(69(91)64(56-83)98-77)102-79(78(95)96)54-62(87)67(80-59(3)85)74(101-79)68(90)63(88)55-82/h27-28,50,52,60-65,67-77,82-84,86-88,90-94H,4-26,29-49,51,53-58H2,1-3H3,(H,80,85)(H,81,89)(H,95,96)/b28-27-,52-50+. The third-order valence-electron chi connectivity index (χ3n) is 20.6. The maximum absolute atomic E-state index is 13.5. The Morgan fingerprint density at radius 1 is 0.510 bits per heavy atom. The Kier molecular flexibility index (Phi) is 53.4. The van der Waals surface area contributed by atoms with E-state index in [4.69, 9.17) is 28.4 Å². The number of carboxylic acids is 1. The number of unbranched alkanes of at least 4 members (excludes halogenated alkanes) is 42. The van der Waals surface area contributed by atoms with Gasteiger partial charge >= 0.3 is 5.97 Å². The fourth-order valence-electron chi connectivity index (χ4n) is 14.2. The summed E-state index contributed by atoms with van der Waals surface area (Å²) < 4.78 is 34.9. The molecule has 598 valence electrons. The number of aliphatic carboxylic acids is 1. The second-order valence-corrected chi connectivity index (χ2v) is 29.6. The molecule has 0 saturated carbocycles. The molecule has 0 bridgehead atoms. The van der Waals surface area contributed by atoms with Crippen LogP contribution in [0.15, 0.2) is 24.3 Å². The van der Waals surface area contributed by atoms with Gasteiger partial charge in [-0.2, -0.15) is 0 Å². The highest BCUT2D eigenvalue weighted by Gasteiger charge is 2.60. The largest absolute Gasteiger partial charge is 0.477 e. The van der Waals surface area contributed by atoms with Crippen molar-refractivity contribution in [1.29, 1.82) is 0 Å². The molecule has 0 aromatic heterocycles. The van der Waals surface area contributed by atoms with E-state index in [1.807, 2.05) is 6.08 Å². The van der Waals surface area contributed by atoms with E-state index in [-0.39, 0.29) is 12.3 Å². The number of hydrogen-bond acceptors (Lipinski definition) is 20. The van der Waals surface area contributed by atoms with Crippen molar-refractivity contribution in [2.24, 2.45) is 0 Å². The predicted octanol–water partition coefficient (Wildman–Crippen LogP) is 10.7. The summed E-state index contributed by atoms with van der Waals surface area (Å²) in [6.07, 6.45) is 35.0. The highest BCUT2D eigenvalue weighted by molar-refractivity contribution is 5.77. The molecule has 3 saturated heterocycles. The van der Waals surface area contributed by atoms with Crippen LogP contribution in [-0.2, 0) is 42.8 Å². The minimum atomic E-state index is -3.08. The number of rotatable bonds is 64. The molecule has 0 spiro atoms. The van der Waals surface area contributed by atoms with Gasteiger partial charge in [0.15, 0.2) is 12.6 Å². The number of carboxylic acid groups (broad SMARTS) is 1. The Morgan fingerprint density at radius 3 is 1.33 bits per heavy atom. The van der Waals surface area contributed by atoms with E-state index in [1.54, 1.807) is 6.08 Å². The number of amides is 2. The van der Waals surface area contributed by atoms with E-state index in [1.165, 1.54) is 231 Å². The third-order valence-corrected chi connectivity index (χ3v) is 20.6. The molecule has 3 aliphatic heterocycles. The van der Waals surface area contributed by atoms with Gasteiger partial charge in [-0.1, -0.05) is 282 Å². The number of aliphatic hydroxyl groups is 11. The fraction of sp³-hybridized carbons (Fsp3) is 0.911. The minimum Gasteiger partial charge on any atom is -0.477 e. The maximum atomic E-state index is 13.5. The normalized spacial score (nSPS) is 26.7. The van der Waals surface area contributed by atoms with Gasteiger partial charge in [0.2, 0.25) is 11.8 Å². The van der Waals surface area contributed by atoms with Crippen LogP contribution in [0.3, 0.4) is 0 Å². The van der Waals surface area contributed by atoms with Gasteiger partial charge < -0.3 is 100 Å². The fourth-order valence-corrected chi connectivity index (χ4v) is 14.2. The van der Waals surface area contributed by atoms with Crippen molar-refractivity contribution in [3.8, 4) is 0 Å². The molecule has 14 N–H and O–H groups in total. The molecule has 18 unspecified atom stereocenters. The molecule has 0 aromatic carbocycles. The van der Waals surface area contributed by atoms with Crippen LogP contribution in [-0.4, -0.2) is 215 Å². The summed E-state index contributed by atoms with van der Waals surface area (Å²) in [7, 11) is 0. The first-order valence-electron chi connectivity index (χ1n) is 40.7. The van der Waals surface area contributed by atoms with Crippen LogP contribution in [0.5, 0.6) is 0 Å². The van der Waals surface area contributed by atoms with Gasteiger partial charge in [-0.05, 0) is 44.9 Å². The SMILES string of the molecule is CCCCCCCCCCCCCC/C=C\CCCCCCCCCCCCCCCC(=O)NC(COC1OC(CO)C(OC2OC(CO)C(O)C(OC3(C(=O)O)CC(O)C(NC(C)=O)C(C(O)C(O)CO)O3)C2O)C(O)C1O)C(O)/C=C/CCCCCCCCCCCCCCCCCCC. The quantitative estimate of drug-likeness (QED) is 0.0199. The molecule has 23 nitrogen and oxygen atoms in total. The highest BCUT2D eigenvalue weighted by Crippen LogP contribution is 2.39. The zero-order valence-corrected chi connectivity index (χ0v) is 63.2. The van der Waals surface area contributed by atoms with E-state index in [0.29, 0.717) is 12.8 Å². The minimum absolute atomic E-state index is 0.202. The lowest BCUT2D eigenvalue weighted by atomic mass is 9.88. The van der Waals surface area contributed by atoms with E-state index in [2.05, 4.69) is 36.6 Å². The van der Waals surface area contributed by atoms with E-state index in [9.17, 15) is 75.7 Å². The van der Waals surface area contributed by atoms with Crippen LogP contribution < -0.4 is 10.6 Å². The zero-order chi connectivity index (χ0) is 74.6. The van der Waals surface area contributed by atoms with Crippen molar-refractivity contribution in [1.82, 2.24) is 10.6 Å². The second kappa shape index (κ2) is 58.3. The summed E-state index contributed by atoms with van der Waals surface area (Å²) in [6, 6.07) is -2.62. The van der Waals surface area contributed by atoms with E-state index < -0.39 is 155 Å². The third kappa shape index (κ3) is 38.3. The first-order chi connectivity index (χ1) is 49.4. The summed E-state index contributed by atoms with van der Waals surface area (Å²) in [4.78, 5) is 38.7. The van der Waals surface area contributed by atoms with Gasteiger partial charge in [-0.25, -0.2) is 4.79 Å². The van der Waals surface area contributed by atoms with Gasteiger partial charge in [-0.15, -0.1) is 0 Å². The van der Waals surface area contributed by atoms with Crippen molar-refractivity contribution in [2.75, 3.05) is 26.4 Å². The van der Waals surface area contributed by atoms with E-state index in [0.717, 1.165) is 51.9 Å². The topological polar surface area (TPSA) is 373 Å². The Bertz CT molecular complexity index is 2130. The first-order valence-corrected chi connectivity index (χ1v) is 40.7. The first kappa shape index (κ1) is 93.4. The van der Waals surface area contributed by atoms with E-state index >= 15 is 0 Å². The summed E-state index contributed by atoms with van der Waals surface area (Å²) >= 11 is 0. The number of allylic oxidation sites excluding steroid dienone is 3. The van der Waals surface area contributed by atoms with Gasteiger partial charge in [0.25, 0.3) is 5.79 Å². The van der Waals surface area contributed by atoms with Crippen molar-refractivity contribution in [3.05, 3.63) is 24.3 Å². The lowest BCUT2D eigenvalue weighted by molar-refractivity contribution is -0.386. The number of carbonyl (C=O) groups excluding carboxylic acids is 2. The molecule has 2 amide bonds. The summed E-state index contributed by atoms with van der Waals surface area (Å²) in [5.74, 6) is -6.14. The monoisotopic (exact) mass is 1460 g/mol. The summed E-state index contributed by atoms with van der Waals surface area (Å²) in [5, 5.41) is 136. The van der Waals surface area contributed by atoms with Gasteiger partial charge in [0.05, 0.1) is 50.7 Å². The smallest absolute Gasteiger partial charge is 0.364 e. The predicted molar refractivity (Wildman–Crippen MR) is 394 cm³/mol. The van der Waals surface area contributed by atoms with Gasteiger partial charge in [-0.3, -0.25) is 9.59 Å². The number of ether oxygens (including phenoxy) is 6. The molecule has 3 fully saturated rings. The molecule has 3 rings (SSSR count). The molecule has 3 heterocycles. The number of hydrogen-bond donors (Lipinski definition) is 14. The van der Waals surface area contributed by atoms with Crippen molar-refractivity contribution in [2.45, 2.75) is 432 Å². The van der Waals surface area contributed by atoms with Crippen molar-refractivity contribution < 1.29 is 104 Å². The Balaban J connectivity index is 1.50. The molecule has 18 atom stereocenters. The Labute approximate surface area is 613 Å². The molecule has 0 radical (unpaired) electrons. The van der Waals surface area contributed by atoms with Crippen LogP contribution in [0.4, 0.5) is 0 Å². The van der Waals surface area contributed by atoms with Gasteiger partial charge in [0.1, 0.15) is 67.1 Å². The van der Waals surface area contributed by atoms with Crippen molar-refractivity contribution >= 4 is 17.8 Å². The lowest BCUT2D eigenvalue weighted by Crippen LogP contribution is -2.70. The zero-order valence-electron chi connectivity index (χ0n) is 63.2. The van der Waals surface area contributed by atoms with Crippen LogP contribution >= 0.6 is 0 Å².